The van der Waals surface area contributed by atoms with Crippen molar-refractivity contribution in [3.63, 3.8) is 0 Å². The van der Waals surface area contributed by atoms with Crippen LogP contribution in [-0.2, 0) is 6.67 Å². The van der Waals surface area contributed by atoms with Crippen LogP contribution in [0.4, 0.5) is 4.39 Å². The molecule has 0 amide bonds. The number of halogens is 1. The predicted molar refractivity (Wildman–Crippen MR) is 98.6 cm³/mol. The minimum absolute atomic E-state index is 0.250. The van der Waals surface area contributed by atoms with Crippen LogP contribution in [0.2, 0.25) is 0 Å². The smallest absolute Gasteiger partial charge is 0.155 e. The van der Waals surface area contributed by atoms with Crippen molar-refractivity contribution in [3.05, 3.63) is 42.4 Å². The minimum Gasteiger partial charge on any atom is -0.490 e. The van der Waals surface area contributed by atoms with Gasteiger partial charge in [-0.1, -0.05) is 13.8 Å². The van der Waals surface area contributed by atoms with Crippen molar-refractivity contribution >= 4 is 5.65 Å². The van der Waals surface area contributed by atoms with Crippen LogP contribution >= 0.6 is 0 Å². The largest absolute Gasteiger partial charge is 0.490 e. The molecule has 0 spiro atoms. The maximum Gasteiger partial charge on any atom is 0.155 e. The number of rotatable bonds is 7. The van der Waals surface area contributed by atoms with Crippen molar-refractivity contribution in [2.45, 2.75) is 39.4 Å². The Morgan fingerprint density at radius 3 is 2.77 bits per heavy atom. The quantitative estimate of drug-likeness (QED) is 0.701. The fraction of sp³-hybridized carbons (Fsp3) is 0.421. The summed E-state index contributed by atoms with van der Waals surface area (Å²) < 4.78 is 21.0. The summed E-state index contributed by atoms with van der Waals surface area (Å²) in [5.41, 5.74) is 8.10. The average Bonchev–Trinajstić information content (AvgIpc) is 3.07. The van der Waals surface area contributed by atoms with Crippen LogP contribution in [0.3, 0.4) is 0 Å². The SMILES string of the molecule is CC(C)C[C@](C)(N)COc1ccc(-c2ccnc3ccnn23)nc1CF. The molecule has 0 saturated heterocycles. The number of fused-ring (bicyclic) bond motifs is 1. The second-order valence-electron chi connectivity index (χ2n) is 7.25. The first-order valence-corrected chi connectivity index (χ1v) is 8.66. The van der Waals surface area contributed by atoms with Crippen molar-refractivity contribution < 1.29 is 9.13 Å². The Bertz CT molecular complexity index is 891. The zero-order valence-electron chi connectivity index (χ0n) is 15.3. The Labute approximate surface area is 152 Å². The van der Waals surface area contributed by atoms with Gasteiger partial charge in [0.1, 0.15) is 24.7 Å². The number of ether oxygens (including phenoxy) is 1. The van der Waals surface area contributed by atoms with E-state index in [9.17, 15) is 4.39 Å². The van der Waals surface area contributed by atoms with E-state index in [4.69, 9.17) is 10.5 Å². The summed E-state index contributed by atoms with van der Waals surface area (Å²) in [6.45, 7) is 5.74. The first-order valence-electron chi connectivity index (χ1n) is 8.66. The van der Waals surface area contributed by atoms with Gasteiger partial charge in [-0.15, -0.1) is 0 Å². The highest BCUT2D eigenvalue weighted by atomic mass is 19.1. The summed E-state index contributed by atoms with van der Waals surface area (Å²) in [5.74, 6) is 0.875. The Morgan fingerprint density at radius 2 is 2.04 bits per heavy atom. The summed E-state index contributed by atoms with van der Waals surface area (Å²) in [6, 6.07) is 7.12. The van der Waals surface area contributed by atoms with Crippen LogP contribution in [0, 0.1) is 5.92 Å². The Balaban J connectivity index is 1.85. The highest BCUT2D eigenvalue weighted by molar-refractivity contribution is 5.59. The molecule has 0 fully saturated rings. The number of nitrogens with zero attached hydrogens (tertiary/aromatic N) is 4. The third kappa shape index (κ3) is 3.99. The predicted octanol–water partition coefficient (Wildman–Crippen LogP) is 3.40. The normalized spacial score (nSPS) is 13.9. The van der Waals surface area contributed by atoms with Gasteiger partial charge in [0.15, 0.2) is 5.65 Å². The minimum atomic E-state index is -0.720. The van der Waals surface area contributed by atoms with Gasteiger partial charge in [-0.3, -0.25) is 0 Å². The molecular formula is C19H24FN5O. The molecule has 138 valence electrons. The third-order valence-electron chi connectivity index (χ3n) is 4.04. The van der Waals surface area contributed by atoms with Crippen LogP contribution in [0.25, 0.3) is 17.0 Å². The van der Waals surface area contributed by atoms with Crippen LogP contribution in [0.5, 0.6) is 5.75 Å². The van der Waals surface area contributed by atoms with Crippen LogP contribution in [0.1, 0.15) is 32.9 Å². The molecule has 0 saturated carbocycles. The maximum atomic E-state index is 13.6. The second-order valence-corrected chi connectivity index (χ2v) is 7.25. The van der Waals surface area contributed by atoms with Gasteiger partial charge >= 0.3 is 0 Å². The molecule has 6 nitrogen and oxygen atoms in total. The molecule has 0 unspecified atom stereocenters. The molecule has 3 aromatic rings. The lowest BCUT2D eigenvalue weighted by molar-refractivity contribution is 0.203. The number of hydrogen-bond acceptors (Lipinski definition) is 5. The second kappa shape index (κ2) is 7.37. The molecular weight excluding hydrogens is 333 g/mol. The zero-order valence-corrected chi connectivity index (χ0v) is 15.3. The molecule has 0 bridgehead atoms. The lowest BCUT2D eigenvalue weighted by Gasteiger charge is -2.27. The van der Waals surface area contributed by atoms with Crippen molar-refractivity contribution in [3.8, 4) is 17.1 Å². The van der Waals surface area contributed by atoms with Crippen molar-refractivity contribution in [2.75, 3.05) is 6.61 Å². The van der Waals surface area contributed by atoms with Gasteiger partial charge in [0, 0.05) is 17.8 Å². The van der Waals surface area contributed by atoms with Gasteiger partial charge in [-0.05, 0) is 37.5 Å². The number of aromatic nitrogens is 4. The van der Waals surface area contributed by atoms with Gasteiger partial charge in [-0.2, -0.15) is 5.10 Å². The van der Waals surface area contributed by atoms with Gasteiger partial charge in [0.05, 0.1) is 17.6 Å². The summed E-state index contributed by atoms with van der Waals surface area (Å²) in [7, 11) is 0. The van der Waals surface area contributed by atoms with Crippen LogP contribution in [-0.4, -0.2) is 31.7 Å². The molecule has 0 aliphatic heterocycles. The monoisotopic (exact) mass is 357 g/mol. The topological polar surface area (TPSA) is 78.3 Å². The third-order valence-corrected chi connectivity index (χ3v) is 4.04. The van der Waals surface area contributed by atoms with E-state index in [1.54, 1.807) is 41.2 Å². The van der Waals surface area contributed by atoms with Crippen molar-refractivity contribution in [1.29, 1.82) is 0 Å². The van der Waals surface area contributed by atoms with E-state index in [-0.39, 0.29) is 5.69 Å². The summed E-state index contributed by atoms with van der Waals surface area (Å²) in [6.07, 6.45) is 4.16. The van der Waals surface area contributed by atoms with E-state index in [2.05, 4.69) is 28.9 Å². The Hall–Kier alpha value is -2.54. The van der Waals surface area contributed by atoms with E-state index in [0.717, 1.165) is 12.1 Å². The number of pyridine rings is 1. The maximum absolute atomic E-state index is 13.6. The zero-order chi connectivity index (χ0) is 18.7. The molecule has 0 aromatic carbocycles. The summed E-state index contributed by atoms with van der Waals surface area (Å²) >= 11 is 0. The first kappa shape index (κ1) is 18.3. The molecule has 2 N–H and O–H groups in total. The molecule has 1 atom stereocenters. The van der Waals surface area contributed by atoms with Crippen LogP contribution < -0.4 is 10.5 Å². The first-order chi connectivity index (χ1) is 12.4. The standard InChI is InChI=1S/C19H24FN5O/c1-13(2)10-19(3,21)12-26-17-5-4-14(24-15(17)11-20)16-6-8-22-18-7-9-23-25(16)18/h4-9,13H,10-12,21H2,1-3H3/t19-/m0/s1. The lowest BCUT2D eigenvalue weighted by atomic mass is 9.93. The highest BCUT2D eigenvalue weighted by Crippen LogP contribution is 2.25. The van der Waals surface area contributed by atoms with E-state index in [0.29, 0.717) is 29.6 Å². The van der Waals surface area contributed by atoms with Crippen molar-refractivity contribution in [1.82, 2.24) is 19.6 Å². The number of nitrogens with two attached hydrogens (primary N) is 1. The lowest BCUT2D eigenvalue weighted by Crippen LogP contribution is -2.43. The molecule has 3 aromatic heterocycles. The fourth-order valence-electron chi connectivity index (χ4n) is 3.12. The highest BCUT2D eigenvalue weighted by Gasteiger charge is 2.22. The van der Waals surface area contributed by atoms with Crippen LogP contribution in [0.15, 0.2) is 36.7 Å². The Morgan fingerprint density at radius 1 is 1.23 bits per heavy atom. The average molecular weight is 357 g/mol. The fourth-order valence-corrected chi connectivity index (χ4v) is 3.12. The molecule has 7 heteroatoms. The van der Waals surface area contributed by atoms with Gasteiger partial charge < -0.3 is 10.5 Å². The number of hydrogen-bond donors (Lipinski definition) is 1. The molecule has 0 aliphatic carbocycles. The van der Waals surface area contributed by atoms with Crippen molar-refractivity contribution in [2.24, 2.45) is 11.7 Å². The number of alkyl halides is 1. The van der Waals surface area contributed by atoms with E-state index in [1.807, 2.05) is 6.92 Å². The molecule has 3 heterocycles. The molecule has 0 aliphatic rings. The summed E-state index contributed by atoms with van der Waals surface area (Å²) in [4.78, 5) is 8.65. The van der Waals surface area contributed by atoms with E-state index in [1.165, 1.54) is 0 Å². The summed E-state index contributed by atoms with van der Waals surface area (Å²) in [5, 5.41) is 4.24. The molecule has 0 radical (unpaired) electrons. The van der Waals surface area contributed by atoms with E-state index < -0.39 is 12.2 Å². The Kier molecular flexibility index (Phi) is 5.18. The van der Waals surface area contributed by atoms with Gasteiger partial charge in [-0.25, -0.2) is 18.9 Å². The molecule has 26 heavy (non-hydrogen) atoms. The van der Waals surface area contributed by atoms with Gasteiger partial charge in [0.25, 0.3) is 0 Å². The molecule has 3 rings (SSSR count). The van der Waals surface area contributed by atoms with E-state index >= 15 is 0 Å². The van der Waals surface area contributed by atoms with Gasteiger partial charge in [0.2, 0.25) is 0 Å².